The zero-order valence-electron chi connectivity index (χ0n) is 10.9. The summed E-state index contributed by atoms with van der Waals surface area (Å²) in [5, 5.41) is 0. The van der Waals surface area contributed by atoms with Crippen molar-refractivity contribution >= 4 is 24.4 Å². The molecule has 2 aromatic carbocycles. The number of halogens is 1. The van der Waals surface area contributed by atoms with Crippen LogP contribution in [0.3, 0.4) is 0 Å². The fourth-order valence-corrected chi connectivity index (χ4v) is 3.89. The molecule has 0 aromatic heterocycles. The molecule has 0 fully saturated rings. The van der Waals surface area contributed by atoms with E-state index in [0.717, 1.165) is 5.75 Å². The molecule has 0 heterocycles. The summed E-state index contributed by atoms with van der Waals surface area (Å²) in [5.41, 5.74) is 3.59. The SMILES string of the molecule is CC(C)Oc1c([CH]=[Ru][I])cccc1-c1ccccc1. The predicted octanol–water partition coefficient (Wildman–Crippen LogP) is 4.72. The van der Waals surface area contributed by atoms with Crippen molar-refractivity contribution in [1.29, 1.82) is 0 Å². The second-order valence-electron chi connectivity index (χ2n) is 4.44. The van der Waals surface area contributed by atoms with E-state index >= 15 is 0 Å². The molecule has 19 heavy (non-hydrogen) atoms. The van der Waals surface area contributed by atoms with Crippen molar-refractivity contribution in [2.24, 2.45) is 0 Å². The van der Waals surface area contributed by atoms with Crippen molar-refractivity contribution in [3.05, 3.63) is 54.1 Å². The van der Waals surface area contributed by atoms with E-state index in [9.17, 15) is 0 Å². The predicted molar refractivity (Wildman–Crippen MR) is 86.8 cm³/mol. The quantitative estimate of drug-likeness (QED) is 0.482. The molecule has 0 unspecified atom stereocenters. The van der Waals surface area contributed by atoms with Crippen molar-refractivity contribution < 1.29 is 17.9 Å². The monoisotopic (exact) mass is 453 g/mol. The molecule has 0 N–H and O–H groups in total. The van der Waals surface area contributed by atoms with Crippen molar-refractivity contribution in [2.45, 2.75) is 20.0 Å². The average molecular weight is 452 g/mol. The molecular weight excluding hydrogens is 436 g/mol. The van der Waals surface area contributed by atoms with Gasteiger partial charge in [-0.25, -0.2) is 0 Å². The Kier molecular flexibility index (Phi) is 5.71. The maximum atomic E-state index is 6.06. The van der Waals surface area contributed by atoms with Gasteiger partial charge in [-0.05, 0) is 0 Å². The molecule has 0 amide bonds. The van der Waals surface area contributed by atoms with Crippen LogP contribution in [0.2, 0.25) is 0 Å². The van der Waals surface area contributed by atoms with E-state index in [1.807, 2.05) is 6.07 Å². The van der Waals surface area contributed by atoms with Crippen LogP contribution in [0.4, 0.5) is 0 Å². The number of ether oxygens (including phenoxy) is 1. The van der Waals surface area contributed by atoms with Gasteiger partial charge in [-0.15, -0.1) is 0 Å². The van der Waals surface area contributed by atoms with E-state index in [2.05, 4.69) is 80.7 Å². The van der Waals surface area contributed by atoms with E-state index < -0.39 is 0 Å². The number of hydrogen-bond acceptors (Lipinski definition) is 1. The zero-order valence-corrected chi connectivity index (χ0v) is 14.8. The van der Waals surface area contributed by atoms with Gasteiger partial charge in [0, 0.05) is 0 Å². The second-order valence-corrected chi connectivity index (χ2v) is 7.92. The summed E-state index contributed by atoms with van der Waals surface area (Å²) in [6.45, 7) is 4.14. The topological polar surface area (TPSA) is 9.23 Å². The maximum absolute atomic E-state index is 6.06. The van der Waals surface area contributed by atoms with Gasteiger partial charge in [-0.3, -0.25) is 0 Å². The first kappa shape index (κ1) is 14.9. The van der Waals surface area contributed by atoms with Gasteiger partial charge in [-0.1, -0.05) is 0 Å². The van der Waals surface area contributed by atoms with Crippen LogP contribution in [-0.2, 0) is 13.2 Å². The van der Waals surface area contributed by atoms with Gasteiger partial charge in [0.1, 0.15) is 0 Å². The van der Waals surface area contributed by atoms with Crippen LogP contribution < -0.4 is 4.74 Å². The molecule has 0 bridgehead atoms. The molecule has 3 heteroatoms. The first-order valence-electron chi connectivity index (χ1n) is 6.13. The van der Waals surface area contributed by atoms with Gasteiger partial charge in [0.15, 0.2) is 0 Å². The Morgan fingerprint density at radius 2 is 1.79 bits per heavy atom. The number of rotatable bonds is 4. The van der Waals surface area contributed by atoms with Crippen molar-refractivity contribution in [1.82, 2.24) is 0 Å². The Labute approximate surface area is 132 Å². The van der Waals surface area contributed by atoms with Crippen LogP contribution in [0.25, 0.3) is 11.1 Å². The van der Waals surface area contributed by atoms with Gasteiger partial charge in [0.25, 0.3) is 0 Å². The van der Waals surface area contributed by atoms with Crippen LogP contribution in [0.15, 0.2) is 48.5 Å². The minimum atomic E-state index is 0.182. The van der Waals surface area contributed by atoms with Gasteiger partial charge in [-0.2, -0.15) is 0 Å². The van der Waals surface area contributed by atoms with E-state index in [1.165, 1.54) is 16.7 Å². The third-order valence-corrected chi connectivity index (χ3v) is 4.67. The molecule has 1 nitrogen and oxygen atoms in total. The normalized spacial score (nSPS) is 11.6. The fourth-order valence-electron chi connectivity index (χ4n) is 1.89. The number of benzene rings is 2. The molecule has 101 valence electrons. The minimum absolute atomic E-state index is 0.182. The van der Waals surface area contributed by atoms with E-state index in [1.54, 1.807) is 0 Å². The molecule has 0 saturated carbocycles. The van der Waals surface area contributed by atoms with Crippen molar-refractivity contribution in [3.63, 3.8) is 0 Å². The number of para-hydroxylation sites is 1. The number of hydrogen-bond donors (Lipinski definition) is 0. The third-order valence-electron chi connectivity index (χ3n) is 2.63. The van der Waals surface area contributed by atoms with Gasteiger partial charge >= 0.3 is 133 Å². The molecule has 2 rings (SSSR count). The van der Waals surface area contributed by atoms with E-state index in [0.29, 0.717) is 0 Å². The van der Waals surface area contributed by atoms with Crippen LogP contribution in [0, 0.1) is 0 Å². The standard InChI is InChI=1S/C16H16O.HI.Ru/c1-12(2)17-16-13(3)8-7-11-15(16)14-9-5-4-6-10-14;;/h3-12H,1-2H3;1H;/q;;+1/p-1. The molecule has 0 saturated heterocycles. The summed E-state index contributed by atoms with van der Waals surface area (Å²) in [4.78, 5) is 0. The Hall–Kier alpha value is -0.537. The second kappa shape index (κ2) is 7.30. The third kappa shape index (κ3) is 3.96. The van der Waals surface area contributed by atoms with Gasteiger partial charge in [0.2, 0.25) is 0 Å². The summed E-state index contributed by atoms with van der Waals surface area (Å²) in [6, 6.07) is 16.8. The first-order valence-corrected chi connectivity index (χ1v) is 12.3. The molecule has 0 aliphatic heterocycles. The van der Waals surface area contributed by atoms with Crippen LogP contribution in [0.1, 0.15) is 19.4 Å². The molecular formula is C16H16IORu. The van der Waals surface area contributed by atoms with E-state index in [4.69, 9.17) is 4.74 Å². The summed E-state index contributed by atoms with van der Waals surface area (Å²) < 4.78 is 8.35. The summed E-state index contributed by atoms with van der Waals surface area (Å²) >= 11 is 2.68. The molecule has 0 spiro atoms. The Morgan fingerprint density at radius 3 is 2.42 bits per heavy atom. The summed E-state index contributed by atoms with van der Waals surface area (Å²) in [6.07, 6.45) is 0.182. The average Bonchev–Trinajstić information content (AvgIpc) is 2.41. The summed E-state index contributed by atoms with van der Waals surface area (Å²) in [7, 11) is 0. The molecule has 0 aliphatic rings. The molecule has 0 atom stereocenters. The molecule has 0 aliphatic carbocycles. The fraction of sp³-hybridized carbons (Fsp3) is 0.188. The van der Waals surface area contributed by atoms with Crippen LogP contribution in [0.5, 0.6) is 5.75 Å². The molecule has 2 aromatic rings. The van der Waals surface area contributed by atoms with Crippen LogP contribution in [-0.4, -0.2) is 10.7 Å². The van der Waals surface area contributed by atoms with Gasteiger partial charge < -0.3 is 0 Å². The Morgan fingerprint density at radius 1 is 1.05 bits per heavy atom. The van der Waals surface area contributed by atoms with Crippen molar-refractivity contribution in [2.75, 3.05) is 0 Å². The first-order chi connectivity index (χ1) is 9.22. The van der Waals surface area contributed by atoms with Crippen molar-refractivity contribution in [3.8, 4) is 16.9 Å². The molecule has 0 radical (unpaired) electrons. The Bertz CT molecular complexity index is 564. The van der Waals surface area contributed by atoms with Crippen LogP contribution >= 0.6 is 19.8 Å². The summed E-state index contributed by atoms with van der Waals surface area (Å²) in [5.74, 6) is 1.01. The Balaban J connectivity index is 2.56. The van der Waals surface area contributed by atoms with Gasteiger partial charge in [0.05, 0.1) is 0 Å². The van der Waals surface area contributed by atoms with E-state index in [-0.39, 0.29) is 19.3 Å². The zero-order chi connectivity index (χ0) is 13.7.